The van der Waals surface area contributed by atoms with Gasteiger partial charge in [0.2, 0.25) is 0 Å². The molecule has 24 heavy (non-hydrogen) atoms. The van der Waals surface area contributed by atoms with Crippen molar-refractivity contribution >= 4 is 11.5 Å². The first kappa shape index (κ1) is 16.7. The summed E-state index contributed by atoms with van der Waals surface area (Å²) >= 11 is 0. The molecule has 0 aromatic carbocycles. The van der Waals surface area contributed by atoms with Gasteiger partial charge in [-0.3, -0.25) is 0 Å². The molecule has 0 spiro atoms. The lowest BCUT2D eigenvalue weighted by molar-refractivity contribution is -0.210. The zero-order valence-electron chi connectivity index (χ0n) is 12.0. The van der Waals surface area contributed by atoms with E-state index in [0.29, 0.717) is 6.42 Å². The number of hydrogen-bond acceptors (Lipinski definition) is 4. The summed E-state index contributed by atoms with van der Waals surface area (Å²) in [7, 11) is 0. The molecule has 1 saturated carbocycles. The van der Waals surface area contributed by atoms with Gasteiger partial charge in [-0.1, -0.05) is 6.57 Å². The summed E-state index contributed by atoms with van der Waals surface area (Å²) in [6, 6.07) is -0.136. The predicted octanol–water partition coefficient (Wildman–Crippen LogP) is 2.98. The Hall–Kier alpha value is -2.15. The number of nitrogens with zero attached hydrogens (tertiary/aromatic N) is 3. The fourth-order valence-electron chi connectivity index (χ4n) is 3.23. The highest BCUT2D eigenvalue weighted by Gasteiger charge is 2.60. The number of anilines is 1. The van der Waals surface area contributed by atoms with E-state index < -0.39 is 36.5 Å². The molecule has 10 heteroatoms. The number of ether oxygens (including phenoxy) is 1. The minimum absolute atomic E-state index is 0.0204. The quantitative estimate of drug-likeness (QED) is 0.671. The molecule has 2 heterocycles. The van der Waals surface area contributed by atoms with E-state index in [0.717, 1.165) is 12.3 Å². The number of hydrogen-bond donors (Lipinski definition) is 1. The number of rotatable bonds is 4. The maximum Gasteiger partial charge on any atom is 0.416 e. The third-order valence-corrected chi connectivity index (χ3v) is 4.34. The first-order chi connectivity index (χ1) is 11.2. The molecule has 1 N–H and O–H groups in total. The smallest absolute Gasteiger partial charge is 0.416 e. The molecule has 4 atom stereocenters. The SMILES string of the molecule is [C-]#[N+]c1ncc(N2C[C@H]3C[C@H]3[C@@H]2[C@H](O)C(F)(F)F)cc1OC(F)F. The van der Waals surface area contributed by atoms with Crippen LogP contribution in [-0.2, 0) is 0 Å². The number of fused-ring (bicyclic) bond motifs is 1. The third kappa shape index (κ3) is 2.96. The van der Waals surface area contributed by atoms with Crippen molar-refractivity contribution in [2.24, 2.45) is 11.8 Å². The van der Waals surface area contributed by atoms with Crippen LogP contribution >= 0.6 is 0 Å². The second kappa shape index (κ2) is 5.73. The maximum atomic E-state index is 12.9. The minimum Gasteiger partial charge on any atom is -0.445 e. The number of pyridine rings is 1. The molecule has 0 amide bonds. The summed E-state index contributed by atoms with van der Waals surface area (Å²) in [6.45, 7) is 3.94. The summed E-state index contributed by atoms with van der Waals surface area (Å²) in [4.78, 5) is 7.92. The molecule has 1 aromatic heterocycles. The third-order valence-electron chi connectivity index (χ3n) is 4.34. The number of aliphatic hydroxyl groups is 1. The highest BCUT2D eigenvalue weighted by molar-refractivity contribution is 5.61. The fraction of sp³-hybridized carbons (Fsp3) is 0.571. The molecular weight excluding hydrogens is 337 g/mol. The first-order valence-corrected chi connectivity index (χ1v) is 7.06. The molecule has 5 nitrogen and oxygen atoms in total. The van der Waals surface area contributed by atoms with Crippen molar-refractivity contribution in [3.8, 4) is 5.75 Å². The van der Waals surface area contributed by atoms with Gasteiger partial charge in [0, 0.05) is 6.54 Å². The second-order valence-electron chi connectivity index (χ2n) is 5.79. The summed E-state index contributed by atoms with van der Waals surface area (Å²) < 4.78 is 67.7. The molecule has 0 bridgehead atoms. The van der Waals surface area contributed by atoms with Crippen LogP contribution in [0.15, 0.2) is 12.3 Å². The molecule has 0 unspecified atom stereocenters. The summed E-state index contributed by atoms with van der Waals surface area (Å²) in [6.07, 6.45) is -5.61. The number of halogens is 5. The van der Waals surface area contributed by atoms with Crippen molar-refractivity contribution in [3.63, 3.8) is 0 Å². The van der Waals surface area contributed by atoms with Crippen LogP contribution in [-0.4, -0.2) is 41.6 Å². The lowest BCUT2D eigenvalue weighted by atomic mass is 10.1. The van der Waals surface area contributed by atoms with Crippen molar-refractivity contribution in [1.29, 1.82) is 0 Å². The molecular formula is C14H12F5N3O2. The molecule has 130 valence electrons. The van der Waals surface area contributed by atoms with Gasteiger partial charge in [-0.2, -0.15) is 22.0 Å². The Balaban J connectivity index is 1.92. The summed E-state index contributed by atoms with van der Waals surface area (Å²) in [5.41, 5.74) is 0.110. The lowest BCUT2D eigenvalue weighted by Gasteiger charge is -2.33. The Morgan fingerprint density at radius 2 is 2.12 bits per heavy atom. The van der Waals surface area contributed by atoms with E-state index in [9.17, 15) is 27.1 Å². The van der Waals surface area contributed by atoms with Crippen molar-refractivity contribution < 1.29 is 31.8 Å². The van der Waals surface area contributed by atoms with E-state index in [4.69, 9.17) is 6.57 Å². The number of aromatic nitrogens is 1. The van der Waals surface area contributed by atoms with Gasteiger partial charge in [-0.15, -0.1) is 4.98 Å². The van der Waals surface area contributed by atoms with E-state index in [2.05, 4.69) is 14.6 Å². The topological polar surface area (TPSA) is 50.0 Å². The molecule has 3 rings (SSSR count). The Morgan fingerprint density at radius 1 is 1.42 bits per heavy atom. The van der Waals surface area contributed by atoms with Gasteiger partial charge in [-0.05, 0) is 24.3 Å². The Morgan fingerprint density at radius 3 is 2.71 bits per heavy atom. The zero-order chi connectivity index (χ0) is 17.6. The molecule has 1 aromatic rings. The van der Waals surface area contributed by atoms with Gasteiger partial charge in [0.05, 0.1) is 11.7 Å². The first-order valence-electron chi connectivity index (χ1n) is 7.06. The standard InChI is InChI=1S/C14H12F5N3O2/c1-20-12-9(24-13(15)16)3-7(4-21-12)22-5-6-2-8(6)10(22)11(23)14(17,18)19/h3-4,6,8,10-11,13,23H,2,5H2/t6-,8-,10-,11+/m1/s1. The van der Waals surface area contributed by atoms with Gasteiger partial charge in [0.1, 0.15) is 6.20 Å². The monoisotopic (exact) mass is 349 g/mol. The Kier molecular flexibility index (Phi) is 3.99. The van der Waals surface area contributed by atoms with Crippen LogP contribution in [0.25, 0.3) is 4.85 Å². The highest BCUT2D eigenvalue weighted by atomic mass is 19.4. The second-order valence-corrected chi connectivity index (χ2v) is 5.79. The Labute approximate surface area is 133 Å². The number of alkyl halides is 5. The predicted molar refractivity (Wildman–Crippen MR) is 71.9 cm³/mol. The van der Waals surface area contributed by atoms with Crippen LogP contribution in [0.3, 0.4) is 0 Å². The van der Waals surface area contributed by atoms with Crippen molar-refractivity contribution in [3.05, 3.63) is 23.7 Å². The minimum atomic E-state index is -4.79. The molecule has 2 aliphatic rings. The molecule has 2 fully saturated rings. The van der Waals surface area contributed by atoms with Gasteiger partial charge in [0.25, 0.3) is 0 Å². The number of piperidine rings is 1. The van der Waals surface area contributed by atoms with Crippen molar-refractivity contribution in [1.82, 2.24) is 4.98 Å². The maximum absolute atomic E-state index is 12.9. The van der Waals surface area contributed by atoms with Crippen LogP contribution in [0, 0.1) is 18.4 Å². The van der Waals surface area contributed by atoms with Crippen LogP contribution < -0.4 is 9.64 Å². The zero-order valence-corrected chi connectivity index (χ0v) is 12.0. The van der Waals surface area contributed by atoms with Crippen LogP contribution in [0.1, 0.15) is 6.42 Å². The highest BCUT2D eigenvalue weighted by Crippen LogP contribution is 2.53. The lowest BCUT2D eigenvalue weighted by Crippen LogP contribution is -2.49. The summed E-state index contributed by atoms with van der Waals surface area (Å²) in [5, 5.41) is 9.64. The molecule has 1 saturated heterocycles. The molecule has 1 aliphatic carbocycles. The number of aliphatic hydroxyl groups excluding tert-OH is 1. The van der Waals surface area contributed by atoms with E-state index in [1.165, 1.54) is 4.90 Å². The summed E-state index contributed by atoms with van der Waals surface area (Å²) in [5.74, 6) is -1.19. The van der Waals surface area contributed by atoms with Gasteiger partial charge in [0.15, 0.2) is 11.9 Å². The largest absolute Gasteiger partial charge is 0.445 e. The fourth-order valence-corrected chi connectivity index (χ4v) is 3.23. The van der Waals surface area contributed by atoms with Crippen LogP contribution in [0.5, 0.6) is 5.75 Å². The van der Waals surface area contributed by atoms with E-state index in [1.54, 1.807) is 0 Å². The van der Waals surface area contributed by atoms with Crippen LogP contribution in [0.2, 0.25) is 0 Å². The average Bonchev–Trinajstić information content (AvgIpc) is 3.16. The van der Waals surface area contributed by atoms with E-state index in [-0.39, 0.29) is 24.1 Å². The molecule has 0 radical (unpaired) electrons. The van der Waals surface area contributed by atoms with E-state index in [1.807, 2.05) is 0 Å². The average molecular weight is 349 g/mol. The van der Waals surface area contributed by atoms with Gasteiger partial charge in [-0.25, -0.2) is 0 Å². The Bertz CT molecular complexity index is 675. The van der Waals surface area contributed by atoms with Crippen LogP contribution in [0.4, 0.5) is 33.5 Å². The molecule has 1 aliphatic heterocycles. The van der Waals surface area contributed by atoms with E-state index >= 15 is 0 Å². The van der Waals surface area contributed by atoms with Gasteiger partial charge >= 0.3 is 18.6 Å². The van der Waals surface area contributed by atoms with Crippen molar-refractivity contribution in [2.75, 3.05) is 11.4 Å². The van der Waals surface area contributed by atoms with Crippen molar-refractivity contribution in [2.45, 2.75) is 31.4 Å². The normalized spacial score (nSPS) is 26.9. The van der Waals surface area contributed by atoms with Gasteiger partial charge < -0.3 is 19.6 Å².